The van der Waals surface area contributed by atoms with Crippen molar-refractivity contribution in [3.8, 4) is 0 Å². The monoisotopic (exact) mass is 381 g/mol. The second kappa shape index (κ2) is 7.84. The molecule has 142 valence electrons. The van der Waals surface area contributed by atoms with Crippen LogP contribution in [0.2, 0.25) is 0 Å². The minimum absolute atomic E-state index is 0.0968. The number of pyridine rings is 1. The van der Waals surface area contributed by atoms with Gasteiger partial charge < -0.3 is 4.57 Å². The third-order valence-electron chi connectivity index (χ3n) is 4.73. The largest absolute Gasteiger partial charge is 0.343 e. The van der Waals surface area contributed by atoms with Crippen LogP contribution in [-0.2, 0) is 6.54 Å². The molecule has 0 atom stereocenters. The van der Waals surface area contributed by atoms with E-state index >= 15 is 0 Å². The zero-order valence-electron chi connectivity index (χ0n) is 15.1. The van der Waals surface area contributed by atoms with Crippen LogP contribution in [0.1, 0.15) is 29.7 Å². The lowest BCUT2D eigenvalue weighted by Gasteiger charge is -2.17. The average Bonchev–Trinajstić information content (AvgIpc) is 3.14. The molecule has 6 heteroatoms. The van der Waals surface area contributed by atoms with Gasteiger partial charge in [0.15, 0.2) is 11.6 Å². The summed E-state index contributed by atoms with van der Waals surface area (Å²) in [4.78, 5) is 8.83. The molecular weight excluding hydrogens is 363 g/mol. The van der Waals surface area contributed by atoms with Crippen molar-refractivity contribution in [3.05, 3.63) is 94.8 Å². The summed E-state index contributed by atoms with van der Waals surface area (Å²) in [6.07, 6.45) is 9.14. The van der Waals surface area contributed by atoms with E-state index in [1.807, 2.05) is 30.3 Å². The average molecular weight is 381 g/mol. The topological polar surface area (TPSA) is 30.2 Å². The van der Waals surface area contributed by atoms with Gasteiger partial charge in [-0.25, -0.2) is 13.2 Å². The molecule has 3 heterocycles. The fourth-order valence-corrected chi connectivity index (χ4v) is 3.35. The number of benzene rings is 1. The van der Waals surface area contributed by atoms with Crippen molar-refractivity contribution < 1.29 is 13.2 Å². The first-order valence-corrected chi connectivity index (χ1v) is 9.06. The molecule has 3 aromatic rings. The maximum Gasteiger partial charge on any atom is 0.161 e. The summed E-state index contributed by atoms with van der Waals surface area (Å²) in [5, 5.41) is 0. The second-order valence-electron chi connectivity index (χ2n) is 6.66. The molecular formula is C22H18F3N3. The summed E-state index contributed by atoms with van der Waals surface area (Å²) >= 11 is 0. The predicted molar refractivity (Wildman–Crippen MR) is 103 cm³/mol. The molecule has 2 aromatic heterocycles. The second-order valence-corrected chi connectivity index (χ2v) is 6.66. The van der Waals surface area contributed by atoms with Crippen LogP contribution >= 0.6 is 0 Å². The lowest BCUT2D eigenvalue weighted by atomic mass is 9.96. The minimum atomic E-state index is -1.18. The highest BCUT2D eigenvalue weighted by molar-refractivity contribution is 6.15. The van der Waals surface area contributed by atoms with Crippen molar-refractivity contribution in [1.29, 1.82) is 0 Å². The van der Waals surface area contributed by atoms with E-state index in [-0.39, 0.29) is 12.1 Å². The number of rotatable bonds is 4. The maximum absolute atomic E-state index is 14.0. The molecule has 0 spiro atoms. The number of aliphatic imine (C=N–C) groups is 1. The van der Waals surface area contributed by atoms with Gasteiger partial charge in [0.25, 0.3) is 0 Å². The number of hydrogen-bond donors (Lipinski definition) is 0. The third kappa shape index (κ3) is 3.76. The highest BCUT2D eigenvalue weighted by Crippen LogP contribution is 2.23. The van der Waals surface area contributed by atoms with Crippen molar-refractivity contribution in [2.45, 2.75) is 19.4 Å². The van der Waals surface area contributed by atoms with Gasteiger partial charge in [-0.1, -0.05) is 0 Å². The van der Waals surface area contributed by atoms with Gasteiger partial charge in [0.1, 0.15) is 5.82 Å². The van der Waals surface area contributed by atoms with E-state index in [2.05, 4.69) is 9.98 Å². The Bertz CT molecular complexity index is 1050. The Kier molecular flexibility index (Phi) is 5.10. The lowest BCUT2D eigenvalue weighted by Crippen LogP contribution is -2.12. The van der Waals surface area contributed by atoms with Crippen molar-refractivity contribution in [2.24, 2.45) is 4.99 Å². The van der Waals surface area contributed by atoms with Gasteiger partial charge in [0.2, 0.25) is 0 Å². The lowest BCUT2D eigenvalue weighted by molar-refractivity contribution is 0.488. The van der Waals surface area contributed by atoms with E-state index in [0.717, 1.165) is 48.0 Å². The van der Waals surface area contributed by atoms with Crippen LogP contribution in [0.15, 0.2) is 65.6 Å². The van der Waals surface area contributed by atoms with Crippen molar-refractivity contribution in [2.75, 3.05) is 6.54 Å². The fourth-order valence-electron chi connectivity index (χ4n) is 3.35. The van der Waals surface area contributed by atoms with Crippen LogP contribution in [-0.4, -0.2) is 21.8 Å². The van der Waals surface area contributed by atoms with Crippen LogP contribution in [0.4, 0.5) is 13.2 Å². The van der Waals surface area contributed by atoms with Gasteiger partial charge in [-0.2, -0.15) is 0 Å². The summed E-state index contributed by atoms with van der Waals surface area (Å²) in [5.41, 5.74) is 3.88. The smallest absolute Gasteiger partial charge is 0.161 e. The van der Waals surface area contributed by atoms with E-state index < -0.39 is 17.5 Å². The number of nitrogens with zero attached hydrogens (tertiary/aromatic N) is 3. The Hall–Kier alpha value is -3.15. The molecule has 28 heavy (non-hydrogen) atoms. The first kappa shape index (κ1) is 18.2. The summed E-state index contributed by atoms with van der Waals surface area (Å²) in [6.45, 7) is 0.872. The highest BCUT2D eigenvalue weighted by Gasteiger charge is 2.16. The molecule has 0 bridgehead atoms. The zero-order chi connectivity index (χ0) is 19.5. The normalized spacial score (nSPS) is 15.7. The summed E-state index contributed by atoms with van der Waals surface area (Å²) in [5.74, 6) is -3.00. The van der Waals surface area contributed by atoms with Crippen molar-refractivity contribution >= 4 is 11.8 Å². The molecule has 1 aromatic carbocycles. The maximum atomic E-state index is 14.0. The number of hydrogen-bond acceptors (Lipinski definition) is 2. The van der Waals surface area contributed by atoms with E-state index in [1.165, 1.54) is 0 Å². The Balaban J connectivity index is 1.66. The minimum Gasteiger partial charge on any atom is -0.343 e. The molecule has 0 saturated carbocycles. The quantitative estimate of drug-likeness (QED) is 0.584. The molecule has 0 radical (unpaired) electrons. The Morgan fingerprint density at radius 2 is 1.89 bits per heavy atom. The number of halogens is 3. The van der Waals surface area contributed by atoms with Gasteiger partial charge in [0.05, 0.1) is 12.3 Å². The molecule has 3 nitrogen and oxygen atoms in total. The third-order valence-corrected chi connectivity index (χ3v) is 4.73. The van der Waals surface area contributed by atoms with Crippen molar-refractivity contribution in [3.63, 3.8) is 0 Å². The van der Waals surface area contributed by atoms with E-state index in [9.17, 15) is 13.2 Å². The Morgan fingerprint density at radius 1 is 1.04 bits per heavy atom. The Morgan fingerprint density at radius 3 is 2.71 bits per heavy atom. The number of allylic oxidation sites excluding steroid dienone is 1. The highest BCUT2D eigenvalue weighted by atomic mass is 19.2. The van der Waals surface area contributed by atoms with E-state index in [0.29, 0.717) is 6.07 Å². The number of aromatic nitrogens is 2. The fraction of sp³-hybridized carbons (Fsp3) is 0.182. The summed E-state index contributed by atoms with van der Waals surface area (Å²) in [7, 11) is 0. The van der Waals surface area contributed by atoms with E-state index in [4.69, 9.17) is 0 Å². The molecule has 0 saturated heterocycles. The standard InChI is InChI=1S/C22H18F3N3/c23-19-12-21(25)20(24)11-17(19)14-28-9-3-6-18(28)10-15-4-2-8-27-22(15)16-5-1-7-26-13-16/h1,3,5-7,9-13H,2,4,8,14H2. The predicted octanol–water partition coefficient (Wildman–Crippen LogP) is 5.02. The van der Waals surface area contributed by atoms with Crippen LogP contribution in [0.3, 0.4) is 0 Å². The van der Waals surface area contributed by atoms with E-state index in [1.54, 1.807) is 23.2 Å². The molecule has 1 aliphatic rings. The Labute approximate surface area is 160 Å². The molecule has 0 unspecified atom stereocenters. The zero-order valence-corrected chi connectivity index (χ0v) is 15.1. The SMILES string of the molecule is Fc1cc(F)c(Cn2cccc2C=C2CCCN=C2c2cccnc2)cc1F. The van der Waals surface area contributed by atoms with Gasteiger partial charge >= 0.3 is 0 Å². The van der Waals surface area contributed by atoms with Crippen molar-refractivity contribution in [1.82, 2.24) is 9.55 Å². The molecule has 0 N–H and O–H groups in total. The molecule has 0 aliphatic carbocycles. The molecule has 0 fully saturated rings. The molecule has 4 rings (SSSR count). The van der Waals surface area contributed by atoms with Gasteiger partial charge in [-0.05, 0) is 54.8 Å². The summed E-state index contributed by atoms with van der Waals surface area (Å²) < 4.78 is 42.5. The van der Waals surface area contributed by atoms with Gasteiger partial charge in [-0.15, -0.1) is 0 Å². The van der Waals surface area contributed by atoms with Gasteiger partial charge in [-0.3, -0.25) is 9.98 Å². The van der Waals surface area contributed by atoms with Crippen LogP contribution in [0.5, 0.6) is 0 Å². The van der Waals surface area contributed by atoms with Crippen LogP contribution in [0, 0.1) is 17.5 Å². The molecule has 1 aliphatic heterocycles. The first-order valence-electron chi connectivity index (χ1n) is 9.06. The summed E-state index contributed by atoms with van der Waals surface area (Å²) in [6, 6.07) is 9.08. The first-order chi connectivity index (χ1) is 13.6. The van der Waals surface area contributed by atoms with Gasteiger partial charge in [0, 0.05) is 48.0 Å². The van der Waals surface area contributed by atoms with Crippen LogP contribution in [0.25, 0.3) is 6.08 Å². The molecule has 0 amide bonds. The van der Waals surface area contributed by atoms with Crippen LogP contribution < -0.4 is 0 Å².